The number of rotatable bonds is 4. The van der Waals surface area contributed by atoms with Crippen molar-refractivity contribution in [1.29, 1.82) is 0 Å². The summed E-state index contributed by atoms with van der Waals surface area (Å²) in [5, 5.41) is 1.04. The minimum absolute atomic E-state index is 0.195. The minimum atomic E-state index is -0.602. The molecule has 2 rings (SSSR count). The Morgan fingerprint density at radius 1 is 1.15 bits per heavy atom. The number of ether oxygens (including phenoxy) is 1. The molecule has 0 radical (unpaired) electrons. The number of carbonyl (C=O) groups excluding carboxylic acids is 1. The van der Waals surface area contributed by atoms with E-state index in [0.29, 0.717) is 21.5 Å². The van der Waals surface area contributed by atoms with Gasteiger partial charge < -0.3 is 16.2 Å². The van der Waals surface area contributed by atoms with E-state index >= 15 is 0 Å². The van der Waals surface area contributed by atoms with Gasteiger partial charge in [-0.3, -0.25) is 4.79 Å². The van der Waals surface area contributed by atoms with E-state index in [-0.39, 0.29) is 12.2 Å². The fourth-order valence-electron chi connectivity index (χ4n) is 1.66. The Morgan fingerprint density at radius 2 is 1.90 bits per heavy atom. The zero-order valence-corrected chi connectivity index (χ0v) is 11.9. The number of nitrogens with two attached hydrogens (primary N) is 2. The normalized spacial score (nSPS) is 10.3. The molecule has 0 bridgehead atoms. The van der Waals surface area contributed by atoms with E-state index in [1.807, 2.05) is 0 Å². The fourth-order valence-corrected chi connectivity index (χ4v) is 2.12. The maximum atomic E-state index is 11.3. The molecule has 0 aromatic heterocycles. The quantitative estimate of drug-likeness (QED) is 0.851. The highest BCUT2D eigenvalue weighted by Gasteiger charge is 2.11. The van der Waals surface area contributed by atoms with Crippen molar-refractivity contribution < 1.29 is 9.53 Å². The third-order valence-electron chi connectivity index (χ3n) is 2.67. The van der Waals surface area contributed by atoms with Crippen LogP contribution in [0.15, 0.2) is 36.4 Å². The standard InChI is InChI=1S/C14H12Cl2N2O2/c15-9-2-1-8(12(16)5-9)7-20-13-4-3-10(17)6-11(13)14(18)19/h1-6H,7,17H2,(H2,18,19). The molecule has 0 aliphatic carbocycles. The van der Waals surface area contributed by atoms with E-state index < -0.39 is 5.91 Å². The van der Waals surface area contributed by atoms with E-state index in [1.54, 1.807) is 30.3 Å². The van der Waals surface area contributed by atoms with Gasteiger partial charge in [0.05, 0.1) is 5.56 Å². The number of benzene rings is 2. The number of primary amides is 1. The number of nitrogen functional groups attached to an aromatic ring is 1. The summed E-state index contributed by atoms with van der Waals surface area (Å²) in [4.78, 5) is 11.3. The number of anilines is 1. The molecule has 20 heavy (non-hydrogen) atoms. The lowest BCUT2D eigenvalue weighted by molar-refractivity contribution is 0.0996. The molecule has 2 aromatic carbocycles. The van der Waals surface area contributed by atoms with Crippen LogP contribution in [0, 0.1) is 0 Å². The Kier molecular flexibility index (Phi) is 4.37. The molecule has 1 amide bonds. The van der Waals surface area contributed by atoms with Crippen molar-refractivity contribution in [3.8, 4) is 5.75 Å². The second kappa shape index (κ2) is 6.03. The smallest absolute Gasteiger partial charge is 0.252 e. The number of amides is 1. The molecule has 0 atom stereocenters. The van der Waals surface area contributed by atoms with Crippen molar-refractivity contribution in [3.63, 3.8) is 0 Å². The Bertz CT molecular complexity index is 660. The molecule has 6 heteroatoms. The molecule has 0 aliphatic heterocycles. The Balaban J connectivity index is 2.20. The van der Waals surface area contributed by atoms with Crippen molar-refractivity contribution in [2.45, 2.75) is 6.61 Å². The SMILES string of the molecule is NC(=O)c1cc(N)ccc1OCc1ccc(Cl)cc1Cl. The average Bonchev–Trinajstić information content (AvgIpc) is 2.38. The van der Waals surface area contributed by atoms with Crippen molar-refractivity contribution >= 4 is 34.8 Å². The first-order valence-corrected chi connectivity index (χ1v) is 6.49. The van der Waals surface area contributed by atoms with Crippen molar-refractivity contribution in [3.05, 3.63) is 57.6 Å². The summed E-state index contributed by atoms with van der Waals surface area (Å²) < 4.78 is 5.58. The summed E-state index contributed by atoms with van der Waals surface area (Å²) in [5.41, 5.74) is 12.3. The summed E-state index contributed by atoms with van der Waals surface area (Å²) >= 11 is 11.9. The zero-order chi connectivity index (χ0) is 14.7. The molecule has 0 aliphatic rings. The van der Waals surface area contributed by atoms with E-state index in [4.69, 9.17) is 39.4 Å². The van der Waals surface area contributed by atoms with Gasteiger partial charge in [-0.05, 0) is 30.3 Å². The second-order valence-corrected chi connectivity index (χ2v) is 4.99. The number of carbonyl (C=O) groups is 1. The van der Waals surface area contributed by atoms with Gasteiger partial charge in [-0.15, -0.1) is 0 Å². The molecule has 0 spiro atoms. The van der Waals surface area contributed by atoms with Crippen molar-refractivity contribution in [2.75, 3.05) is 5.73 Å². The summed E-state index contributed by atoms with van der Waals surface area (Å²) in [6.07, 6.45) is 0. The topological polar surface area (TPSA) is 78.3 Å². The van der Waals surface area contributed by atoms with Crippen LogP contribution < -0.4 is 16.2 Å². The highest BCUT2D eigenvalue weighted by atomic mass is 35.5. The predicted molar refractivity (Wildman–Crippen MR) is 80.2 cm³/mol. The van der Waals surface area contributed by atoms with Crippen LogP contribution in [0.25, 0.3) is 0 Å². The highest BCUT2D eigenvalue weighted by Crippen LogP contribution is 2.25. The van der Waals surface area contributed by atoms with Gasteiger partial charge in [-0.1, -0.05) is 29.3 Å². The van der Waals surface area contributed by atoms with Gasteiger partial charge in [0.2, 0.25) is 0 Å². The van der Waals surface area contributed by atoms with Crippen LogP contribution in [-0.4, -0.2) is 5.91 Å². The lowest BCUT2D eigenvalue weighted by Crippen LogP contribution is -2.13. The van der Waals surface area contributed by atoms with Crippen LogP contribution in [-0.2, 0) is 6.61 Å². The number of hydrogen-bond acceptors (Lipinski definition) is 3. The van der Waals surface area contributed by atoms with Crippen LogP contribution in [0.2, 0.25) is 10.0 Å². The largest absolute Gasteiger partial charge is 0.488 e. The molecule has 0 unspecified atom stereocenters. The number of hydrogen-bond donors (Lipinski definition) is 2. The maximum absolute atomic E-state index is 11.3. The molecule has 0 saturated heterocycles. The lowest BCUT2D eigenvalue weighted by Gasteiger charge is -2.11. The second-order valence-electron chi connectivity index (χ2n) is 4.14. The van der Waals surface area contributed by atoms with Crippen LogP contribution in [0.1, 0.15) is 15.9 Å². The van der Waals surface area contributed by atoms with Gasteiger partial charge >= 0.3 is 0 Å². The summed E-state index contributed by atoms with van der Waals surface area (Å²) in [7, 11) is 0. The molecule has 0 saturated carbocycles. The average molecular weight is 311 g/mol. The Labute approximate surface area is 126 Å². The van der Waals surface area contributed by atoms with E-state index in [0.717, 1.165) is 5.56 Å². The highest BCUT2D eigenvalue weighted by molar-refractivity contribution is 6.35. The molecular formula is C14H12Cl2N2O2. The van der Waals surface area contributed by atoms with Gasteiger partial charge in [0, 0.05) is 21.3 Å². The molecular weight excluding hydrogens is 299 g/mol. The van der Waals surface area contributed by atoms with Crippen LogP contribution >= 0.6 is 23.2 Å². The monoisotopic (exact) mass is 310 g/mol. The zero-order valence-electron chi connectivity index (χ0n) is 10.4. The first-order valence-electron chi connectivity index (χ1n) is 5.73. The first-order chi connectivity index (χ1) is 9.47. The summed E-state index contributed by atoms with van der Waals surface area (Å²) in [5.74, 6) is -0.243. The van der Waals surface area contributed by atoms with E-state index in [9.17, 15) is 4.79 Å². The molecule has 0 heterocycles. The maximum Gasteiger partial charge on any atom is 0.252 e. The van der Waals surface area contributed by atoms with Crippen LogP contribution in [0.3, 0.4) is 0 Å². The molecule has 0 fully saturated rings. The van der Waals surface area contributed by atoms with Crippen molar-refractivity contribution in [2.24, 2.45) is 5.73 Å². The molecule has 4 nitrogen and oxygen atoms in total. The van der Waals surface area contributed by atoms with E-state index in [2.05, 4.69) is 0 Å². The fraction of sp³-hybridized carbons (Fsp3) is 0.0714. The van der Waals surface area contributed by atoms with Crippen LogP contribution in [0.5, 0.6) is 5.75 Å². The minimum Gasteiger partial charge on any atom is -0.488 e. The van der Waals surface area contributed by atoms with Gasteiger partial charge in [-0.25, -0.2) is 0 Å². The Hall–Kier alpha value is -1.91. The van der Waals surface area contributed by atoms with Gasteiger partial charge in [0.1, 0.15) is 12.4 Å². The molecule has 2 aromatic rings. The number of halogens is 2. The van der Waals surface area contributed by atoms with Crippen LogP contribution in [0.4, 0.5) is 5.69 Å². The first kappa shape index (κ1) is 14.5. The third kappa shape index (κ3) is 3.35. The Morgan fingerprint density at radius 3 is 2.55 bits per heavy atom. The molecule has 104 valence electrons. The molecule has 4 N–H and O–H groups in total. The van der Waals surface area contributed by atoms with Crippen molar-refractivity contribution in [1.82, 2.24) is 0 Å². The summed E-state index contributed by atoms with van der Waals surface area (Å²) in [6, 6.07) is 9.79. The van der Waals surface area contributed by atoms with E-state index in [1.165, 1.54) is 6.07 Å². The third-order valence-corrected chi connectivity index (χ3v) is 3.25. The predicted octanol–water partition coefficient (Wildman–Crippen LogP) is 3.25. The van der Waals surface area contributed by atoms with Gasteiger partial charge in [0.25, 0.3) is 5.91 Å². The summed E-state index contributed by atoms with van der Waals surface area (Å²) in [6.45, 7) is 0.195. The van der Waals surface area contributed by atoms with Gasteiger partial charge in [0.15, 0.2) is 0 Å². The van der Waals surface area contributed by atoms with Gasteiger partial charge in [-0.2, -0.15) is 0 Å². The lowest BCUT2D eigenvalue weighted by atomic mass is 10.1.